The minimum absolute atomic E-state index is 0.130. The molecule has 0 bridgehead atoms. The maximum absolute atomic E-state index is 7.35. The summed E-state index contributed by atoms with van der Waals surface area (Å²) >= 11 is 0. The van der Waals surface area contributed by atoms with Gasteiger partial charge in [-0.25, -0.2) is 0 Å². The maximum atomic E-state index is 7.35. The minimum atomic E-state index is 0.130. The lowest BCUT2D eigenvalue weighted by atomic mass is 10.1. The number of nitrogens with zero attached hydrogens (tertiary/aromatic N) is 4. The van der Waals surface area contributed by atoms with Crippen molar-refractivity contribution in [2.45, 2.75) is 26.9 Å². The fourth-order valence-corrected chi connectivity index (χ4v) is 3.10. The fraction of sp³-hybridized carbons (Fsp3) is 0.263. The van der Waals surface area contributed by atoms with Crippen LogP contribution >= 0.6 is 0 Å². The van der Waals surface area contributed by atoms with Crippen molar-refractivity contribution < 1.29 is 0 Å². The van der Waals surface area contributed by atoms with Crippen molar-refractivity contribution in [2.75, 3.05) is 16.8 Å². The second-order valence-corrected chi connectivity index (χ2v) is 5.96. The molecule has 0 aromatic heterocycles. The van der Waals surface area contributed by atoms with Crippen molar-refractivity contribution in [1.82, 2.24) is 0 Å². The van der Waals surface area contributed by atoms with Gasteiger partial charge in [-0.05, 0) is 50.1 Å². The fourth-order valence-electron chi connectivity index (χ4n) is 3.10. The van der Waals surface area contributed by atoms with Crippen LogP contribution in [0.4, 0.5) is 28.4 Å². The molecule has 4 heteroatoms. The van der Waals surface area contributed by atoms with E-state index in [1.807, 2.05) is 19.2 Å². The molecule has 0 N–H and O–H groups in total. The largest absolute Gasteiger partial charge is 0.354 e. The molecule has 4 nitrogen and oxygen atoms in total. The van der Waals surface area contributed by atoms with E-state index in [0.717, 1.165) is 17.1 Å². The summed E-state index contributed by atoms with van der Waals surface area (Å²) in [6, 6.07) is 10.1. The Morgan fingerprint density at radius 3 is 2.13 bits per heavy atom. The minimum Gasteiger partial charge on any atom is -0.354 e. The highest BCUT2D eigenvalue weighted by molar-refractivity contribution is 5.92. The Kier molecular flexibility index (Phi) is 3.47. The predicted molar refractivity (Wildman–Crippen MR) is 94.9 cm³/mol. The van der Waals surface area contributed by atoms with Crippen LogP contribution in [0.15, 0.2) is 30.3 Å². The lowest BCUT2D eigenvalue weighted by Crippen LogP contribution is -2.35. The Morgan fingerprint density at radius 1 is 0.913 bits per heavy atom. The molecule has 1 aliphatic rings. The number of benzene rings is 2. The van der Waals surface area contributed by atoms with E-state index >= 15 is 0 Å². The number of rotatable bonds is 1. The molecule has 0 aliphatic carbocycles. The van der Waals surface area contributed by atoms with Gasteiger partial charge in [-0.15, -0.1) is 0 Å². The second kappa shape index (κ2) is 5.34. The van der Waals surface area contributed by atoms with Gasteiger partial charge in [0, 0.05) is 18.4 Å². The molecule has 1 aliphatic heterocycles. The van der Waals surface area contributed by atoms with Gasteiger partial charge < -0.3 is 9.80 Å². The van der Waals surface area contributed by atoms with Gasteiger partial charge >= 0.3 is 0 Å². The van der Waals surface area contributed by atoms with Crippen LogP contribution in [-0.2, 0) is 0 Å². The quantitative estimate of drug-likeness (QED) is 0.661. The molecule has 3 rings (SSSR count). The molecule has 0 spiro atoms. The Morgan fingerprint density at radius 2 is 1.52 bits per heavy atom. The second-order valence-electron chi connectivity index (χ2n) is 5.96. The van der Waals surface area contributed by atoms with Crippen molar-refractivity contribution >= 4 is 28.4 Å². The smallest absolute Gasteiger partial charge is 0.196 e. The summed E-state index contributed by atoms with van der Waals surface area (Å²) in [4.78, 5) is 11.4. The number of aryl methyl sites for hydroxylation is 2. The van der Waals surface area contributed by atoms with Gasteiger partial charge in [-0.2, -0.15) is 0 Å². The first-order valence-electron chi connectivity index (χ1n) is 7.50. The number of fused-ring (bicyclic) bond motifs is 1. The van der Waals surface area contributed by atoms with Crippen LogP contribution in [0.5, 0.6) is 0 Å². The highest BCUT2D eigenvalue weighted by Gasteiger charge is 2.33. The van der Waals surface area contributed by atoms with Crippen molar-refractivity contribution in [1.29, 1.82) is 0 Å². The SMILES string of the molecule is [C-]#[N+]c1cc2c(cc1[N+]#[C-])N(c1cc(C)ccc1C)[C@@H](C)N2C. The van der Waals surface area contributed by atoms with E-state index in [2.05, 4.69) is 58.5 Å². The van der Waals surface area contributed by atoms with Crippen molar-refractivity contribution in [3.8, 4) is 0 Å². The molecule has 0 radical (unpaired) electrons. The highest BCUT2D eigenvalue weighted by Crippen LogP contribution is 2.49. The highest BCUT2D eigenvalue weighted by atomic mass is 15.4. The van der Waals surface area contributed by atoms with Crippen molar-refractivity contribution in [3.05, 3.63) is 64.3 Å². The zero-order valence-corrected chi connectivity index (χ0v) is 13.8. The van der Waals surface area contributed by atoms with Crippen molar-refractivity contribution in [3.63, 3.8) is 0 Å². The topological polar surface area (TPSA) is 15.2 Å². The van der Waals surface area contributed by atoms with Gasteiger partial charge in [-0.1, -0.05) is 12.1 Å². The van der Waals surface area contributed by atoms with E-state index < -0.39 is 0 Å². The Bertz CT molecular complexity index is 870. The van der Waals surface area contributed by atoms with Crippen molar-refractivity contribution in [2.24, 2.45) is 0 Å². The van der Waals surface area contributed by atoms with Crippen LogP contribution in [0.2, 0.25) is 0 Å². The van der Waals surface area contributed by atoms with Gasteiger partial charge in [0.1, 0.15) is 6.17 Å². The lowest BCUT2D eigenvalue weighted by molar-refractivity contribution is 0.732. The predicted octanol–water partition coefficient (Wildman–Crippen LogP) is 5.34. The summed E-state index contributed by atoms with van der Waals surface area (Å²) in [6.07, 6.45) is 0.130. The third-order valence-electron chi connectivity index (χ3n) is 4.51. The maximum Gasteiger partial charge on any atom is 0.196 e. The molecule has 0 saturated heterocycles. The molecule has 1 heterocycles. The summed E-state index contributed by atoms with van der Waals surface area (Å²) in [6.45, 7) is 21.0. The number of anilines is 3. The first-order valence-corrected chi connectivity index (χ1v) is 7.50. The Hall–Kier alpha value is -2.98. The zero-order valence-electron chi connectivity index (χ0n) is 13.8. The van der Waals surface area contributed by atoms with E-state index in [-0.39, 0.29) is 6.17 Å². The summed E-state index contributed by atoms with van der Waals surface area (Å²) in [7, 11) is 2.03. The molecule has 2 aromatic rings. The van der Waals surface area contributed by atoms with Crippen LogP contribution < -0.4 is 9.80 Å². The first kappa shape index (κ1) is 14.9. The van der Waals surface area contributed by atoms with E-state index in [4.69, 9.17) is 13.1 Å². The Labute approximate surface area is 137 Å². The molecule has 0 amide bonds. The Balaban J connectivity index is 2.25. The zero-order chi connectivity index (χ0) is 16.7. The average molecular weight is 302 g/mol. The molecule has 0 saturated carbocycles. The number of hydrogen-bond donors (Lipinski definition) is 0. The van der Waals surface area contributed by atoms with E-state index in [1.165, 1.54) is 11.1 Å². The van der Waals surface area contributed by atoms with Gasteiger partial charge in [0.15, 0.2) is 11.4 Å². The van der Waals surface area contributed by atoms with Crippen LogP contribution in [0.25, 0.3) is 9.69 Å². The molecule has 1 atom stereocenters. The van der Waals surface area contributed by atoms with Crippen LogP contribution in [0, 0.1) is 27.0 Å². The van der Waals surface area contributed by atoms with Gasteiger partial charge in [-0.3, -0.25) is 9.69 Å². The average Bonchev–Trinajstić information content (AvgIpc) is 2.79. The van der Waals surface area contributed by atoms with Gasteiger partial charge in [0.2, 0.25) is 0 Å². The van der Waals surface area contributed by atoms with E-state index in [9.17, 15) is 0 Å². The van der Waals surface area contributed by atoms with Gasteiger partial charge in [0.05, 0.1) is 18.8 Å². The molecule has 0 unspecified atom stereocenters. The monoisotopic (exact) mass is 302 g/mol. The van der Waals surface area contributed by atoms with Gasteiger partial charge in [0.25, 0.3) is 0 Å². The molecule has 2 aromatic carbocycles. The molecular weight excluding hydrogens is 284 g/mol. The lowest BCUT2D eigenvalue weighted by Gasteiger charge is -2.29. The van der Waals surface area contributed by atoms with Crippen LogP contribution in [0.1, 0.15) is 18.1 Å². The van der Waals surface area contributed by atoms with Crippen LogP contribution in [-0.4, -0.2) is 13.2 Å². The summed E-state index contributed by atoms with van der Waals surface area (Å²) in [5.41, 5.74) is 6.37. The van der Waals surface area contributed by atoms with Crippen LogP contribution in [0.3, 0.4) is 0 Å². The summed E-state index contributed by atoms with van der Waals surface area (Å²) < 4.78 is 0. The number of hydrogen-bond acceptors (Lipinski definition) is 2. The van der Waals surface area contributed by atoms with E-state index in [1.54, 1.807) is 0 Å². The third-order valence-corrected chi connectivity index (χ3v) is 4.51. The molecule has 23 heavy (non-hydrogen) atoms. The molecule has 0 fully saturated rings. The van der Waals surface area contributed by atoms with E-state index in [0.29, 0.717) is 11.4 Å². The molecule has 114 valence electrons. The molecular formula is C19H18N4. The first-order chi connectivity index (χ1) is 11.0. The normalized spacial score (nSPS) is 16.0. The summed E-state index contributed by atoms with van der Waals surface area (Å²) in [5.74, 6) is 0. The standard InChI is InChI=1S/C19H18N4/c1-12-7-8-13(2)17(9-12)23-14(3)22(6)18-10-15(20-4)16(21-5)11-19(18)23/h7-11,14H,1-3,6H3/t14-/m0/s1. The third kappa shape index (κ3) is 2.20. The summed E-state index contributed by atoms with van der Waals surface area (Å²) in [5, 5.41) is 0.